The molecule has 0 radical (unpaired) electrons. The Morgan fingerprint density at radius 3 is 1.61 bits per heavy atom. The van der Waals surface area contributed by atoms with Gasteiger partial charge in [0.05, 0.1) is 5.97 Å². The standard InChI is InChI=1S/C4H8O12P2.2CH4.K.2Na/c5-1(3(7)8)2(6)4(9)15-18(13,14)16-17(10,11)12;;;;;/h1-2,5-6H,(H,7,8)(H,13,14)(H2,10,11,12);2*1H4;;;/q;;;3*+1/p-3. The van der Waals surface area contributed by atoms with E-state index in [2.05, 4.69) is 8.83 Å². The van der Waals surface area contributed by atoms with E-state index >= 15 is 0 Å². The second-order valence-corrected chi connectivity index (χ2v) is 5.28. The molecule has 0 bridgehead atoms. The molecule has 23 heavy (non-hydrogen) atoms. The minimum atomic E-state index is -5.90. The van der Waals surface area contributed by atoms with Crippen molar-refractivity contribution in [2.24, 2.45) is 0 Å². The van der Waals surface area contributed by atoms with Gasteiger partial charge in [-0.25, -0.2) is 9.11 Å². The normalized spacial score (nSPS) is 16.6. The first-order valence-corrected chi connectivity index (χ1v) is 6.68. The molecule has 0 aliphatic rings. The van der Waals surface area contributed by atoms with E-state index in [0.717, 1.165) is 0 Å². The van der Waals surface area contributed by atoms with Gasteiger partial charge in [-0.05, 0) is 0 Å². The number of carboxylic acids is 1. The minimum absolute atomic E-state index is 0. The maximum atomic E-state index is 10.7. The molecule has 0 fully saturated rings. The Labute approximate surface area is 219 Å². The molecule has 0 aromatic heterocycles. The number of rotatable bonds is 6. The summed E-state index contributed by atoms with van der Waals surface area (Å²) >= 11 is 0. The van der Waals surface area contributed by atoms with Gasteiger partial charge in [0.1, 0.15) is 6.10 Å². The zero-order valence-electron chi connectivity index (χ0n) is 11.1. The van der Waals surface area contributed by atoms with Crippen molar-refractivity contribution in [3.05, 3.63) is 0 Å². The van der Waals surface area contributed by atoms with Crippen molar-refractivity contribution in [1.29, 1.82) is 0 Å². The van der Waals surface area contributed by atoms with Crippen LogP contribution in [0.3, 0.4) is 0 Å². The molecule has 3 N–H and O–H groups in total. The number of phosphoric ester groups is 1. The average molecular weight is 424 g/mol. The number of carbonyl (C=O) groups excluding carboxylic acids is 2. The van der Waals surface area contributed by atoms with Gasteiger partial charge < -0.3 is 39.3 Å². The summed E-state index contributed by atoms with van der Waals surface area (Å²) in [4.78, 5) is 49.4. The second kappa shape index (κ2) is 16.9. The van der Waals surface area contributed by atoms with Gasteiger partial charge in [-0.3, -0.25) is 9.13 Å². The Morgan fingerprint density at radius 2 is 1.35 bits per heavy atom. The fraction of sp³-hybridized carbons (Fsp3) is 0.667. The molecule has 0 spiro atoms. The van der Waals surface area contributed by atoms with Crippen molar-refractivity contribution in [3.63, 3.8) is 0 Å². The average Bonchev–Trinajstić information content (AvgIpc) is 2.10. The van der Waals surface area contributed by atoms with Crippen LogP contribution in [0.4, 0.5) is 0 Å². The van der Waals surface area contributed by atoms with E-state index in [0.29, 0.717) is 0 Å². The Kier molecular flexibility index (Phi) is 29.8. The van der Waals surface area contributed by atoms with Gasteiger partial charge in [-0.2, -0.15) is 0 Å². The minimum Gasteiger partial charge on any atom is -0.756 e. The number of carbonyl (C=O) groups is 2. The quantitative estimate of drug-likeness (QED) is 0.267. The van der Waals surface area contributed by atoms with Gasteiger partial charge >= 0.3 is 124 Å². The summed E-state index contributed by atoms with van der Waals surface area (Å²) in [6, 6.07) is 0. The van der Waals surface area contributed by atoms with Crippen LogP contribution in [-0.4, -0.2) is 39.3 Å². The van der Waals surface area contributed by atoms with E-state index in [1.165, 1.54) is 0 Å². The number of aliphatic carboxylic acids is 1. The molecule has 0 saturated heterocycles. The summed E-state index contributed by atoms with van der Waals surface area (Å²) in [6.45, 7) is 0. The van der Waals surface area contributed by atoms with Crippen molar-refractivity contribution in [1.82, 2.24) is 0 Å². The third-order valence-electron chi connectivity index (χ3n) is 1.19. The SMILES string of the molecule is C.C.O=C([O-])C(O)C(O)C(=O)OP(=O)([O-])OP(=O)([O-])O.[K+].[Na+].[Na+]. The zero-order chi connectivity index (χ0) is 14.7. The summed E-state index contributed by atoms with van der Waals surface area (Å²) in [5.74, 6) is -4.57. The van der Waals surface area contributed by atoms with Gasteiger partial charge in [0.25, 0.3) is 7.82 Å². The summed E-state index contributed by atoms with van der Waals surface area (Å²) in [7, 11) is -11.7. The maximum absolute atomic E-state index is 10.7. The number of aliphatic hydroxyl groups is 2. The van der Waals surface area contributed by atoms with Crippen LogP contribution < -0.4 is 125 Å². The van der Waals surface area contributed by atoms with Crippen LogP contribution in [0.15, 0.2) is 0 Å². The third-order valence-corrected chi connectivity index (χ3v) is 3.22. The van der Waals surface area contributed by atoms with Crippen LogP contribution in [0.25, 0.3) is 0 Å². The first-order valence-electron chi connectivity index (χ1n) is 3.72. The van der Waals surface area contributed by atoms with Crippen LogP contribution in [-0.2, 0) is 27.6 Å². The molecule has 17 heteroatoms. The molecule has 122 valence electrons. The van der Waals surface area contributed by atoms with Crippen LogP contribution in [0, 0.1) is 0 Å². The van der Waals surface area contributed by atoms with E-state index < -0.39 is 39.8 Å². The molecule has 0 amide bonds. The molecule has 0 aromatic rings. The van der Waals surface area contributed by atoms with Gasteiger partial charge in [0.2, 0.25) is 0 Å². The van der Waals surface area contributed by atoms with Crippen LogP contribution in [0.2, 0.25) is 0 Å². The van der Waals surface area contributed by atoms with E-state index in [1.807, 2.05) is 0 Å². The van der Waals surface area contributed by atoms with Crippen LogP contribution >= 0.6 is 15.6 Å². The molecule has 0 aromatic carbocycles. The third kappa shape index (κ3) is 19.4. The smallest absolute Gasteiger partial charge is 0.756 e. The molecule has 4 atom stereocenters. The molecular weight excluding hydrogens is 411 g/mol. The summed E-state index contributed by atoms with van der Waals surface area (Å²) < 4.78 is 26.8. The van der Waals surface area contributed by atoms with Crippen LogP contribution in [0.5, 0.6) is 0 Å². The topological polar surface area (TPSA) is 217 Å². The van der Waals surface area contributed by atoms with Crippen molar-refractivity contribution in [2.75, 3.05) is 0 Å². The van der Waals surface area contributed by atoms with Crippen molar-refractivity contribution >= 4 is 27.6 Å². The zero-order valence-corrected chi connectivity index (χ0v) is 20.0. The molecule has 4 unspecified atom stereocenters. The molecule has 0 aliphatic heterocycles. The summed E-state index contributed by atoms with van der Waals surface area (Å²) in [5.41, 5.74) is 0. The Balaban J connectivity index is -0.000000144. The Bertz CT molecular complexity index is 441. The van der Waals surface area contributed by atoms with Crippen molar-refractivity contribution in [3.8, 4) is 0 Å². The Hall–Kier alpha value is 2.80. The summed E-state index contributed by atoms with van der Waals surface area (Å²) in [5, 5.41) is 27.3. The summed E-state index contributed by atoms with van der Waals surface area (Å²) in [6.07, 6.45) is -5.68. The number of phosphoric acid groups is 2. The molecule has 0 heterocycles. The monoisotopic (exact) mass is 424 g/mol. The number of hydrogen-bond donors (Lipinski definition) is 3. The Morgan fingerprint density at radius 1 is 1.00 bits per heavy atom. The molecule has 0 saturated carbocycles. The second-order valence-electron chi connectivity index (χ2n) is 2.62. The van der Waals surface area contributed by atoms with E-state index in [-0.39, 0.29) is 125 Å². The molecule has 0 rings (SSSR count). The largest absolute Gasteiger partial charge is 1.00 e. The number of carboxylic acid groups (broad SMARTS) is 1. The van der Waals surface area contributed by atoms with Crippen LogP contribution in [0.1, 0.15) is 14.9 Å². The molecule has 12 nitrogen and oxygen atoms in total. The van der Waals surface area contributed by atoms with Crippen molar-refractivity contribution < 1.29 is 168 Å². The molecule has 0 aliphatic carbocycles. The predicted octanol–water partition coefficient (Wildman–Crippen LogP) is -12.8. The van der Waals surface area contributed by atoms with E-state index in [1.54, 1.807) is 0 Å². The van der Waals surface area contributed by atoms with Gasteiger partial charge in [-0.1, -0.05) is 14.9 Å². The van der Waals surface area contributed by atoms with Crippen molar-refractivity contribution in [2.45, 2.75) is 27.1 Å². The number of aliphatic hydroxyl groups excluding tert-OH is 2. The first kappa shape index (κ1) is 40.5. The van der Waals surface area contributed by atoms with E-state index in [9.17, 15) is 33.6 Å². The first-order chi connectivity index (χ1) is 7.86. The van der Waals surface area contributed by atoms with Gasteiger partial charge in [0, 0.05) is 0 Å². The van der Waals surface area contributed by atoms with Gasteiger partial charge in [0.15, 0.2) is 6.10 Å². The molecular formula is C6H13KNa2O12P2. The fourth-order valence-electron chi connectivity index (χ4n) is 0.565. The number of hydrogen-bond acceptors (Lipinski definition) is 11. The predicted molar refractivity (Wildman–Crippen MR) is 55.1 cm³/mol. The van der Waals surface area contributed by atoms with Gasteiger partial charge in [-0.15, -0.1) is 0 Å². The maximum Gasteiger partial charge on any atom is 1.00 e. The fourth-order valence-corrected chi connectivity index (χ4v) is 2.04. The van der Waals surface area contributed by atoms with E-state index in [4.69, 9.17) is 15.1 Å².